The van der Waals surface area contributed by atoms with Crippen LogP contribution < -0.4 is 5.73 Å². The first kappa shape index (κ1) is 9.80. The van der Waals surface area contributed by atoms with Crippen LogP contribution in [0, 0.1) is 0 Å². The minimum atomic E-state index is -0.645. The van der Waals surface area contributed by atoms with E-state index in [1.165, 1.54) is 0 Å². The van der Waals surface area contributed by atoms with Gasteiger partial charge < -0.3 is 15.7 Å². The molecule has 1 aliphatic rings. The first-order chi connectivity index (χ1) is 6.06. The normalized spacial score (nSPS) is 22.4. The number of aliphatic hydroxyl groups excluding tert-OH is 1. The van der Waals surface area contributed by atoms with Crippen LogP contribution in [0.15, 0.2) is 23.4 Å². The predicted octanol–water partition coefficient (Wildman–Crippen LogP) is -0.0442. The maximum absolute atomic E-state index is 10.9. The lowest BCUT2D eigenvalue weighted by Crippen LogP contribution is -2.34. The number of nitrogens with two attached hydrogens (primary N) is 1. The number of carbonyl (C=O) groups excluding carboxylic acids is 1. The number of rotatable bonds is 2. The largest absolute Gasteiger partial charge is 0.370 e. The second kappa shape index (κ2) is 3.62. The summed E-state index contributed by atoms with van der Waals surface area (Å²) in [5.74, 6) is -0.459. The molecule has 0 aromatic carbocycles. The summed E-state index contributed by atoms with van der Waals surface area (Å²) in [6.07, 6.45) is 2.57. The van der Waals surface area contributed by atoms with Crippen LogP contribution >= 0.6 is 0 Å². The third-order valence-corrected chi connectivity index (χ3v) is 2.09. The summed E-state index contributed by atoms with van der Waals surface area (Å²) < 4.78 is 0. The molecule has 3 N–H and O–H groups in total. The van der Waals surface area contributed by atoms with Crippen molar-refractivity contribution >= 4 is 5.91 Å². The fourth-order valence-electron chi connectivity index (χ4n) is 1.29. The molecule has 0 saturated heterocycles. The van der Waals surface area contributed by atoms with Crippen LogP contribution in [0.5, 0.6) is 0 Å². The van der Waals surface area contributed by atoms with E-state index in [2.05, 4.69) is 0 Å². The number of amides is 1. The highest BCUT2D eigenvalue weighted by Gasteiger charge is 2.19. The molecule has 0 aromatic rings. The zero-order valence-corrected chi connectivity index (χ0v) is 7.82. The number of hydrogen-bond acceptors (Lipinski definition) is 3. The van der Waals surface area contributed by atoms with Gasteiger partial charge in [0.05, 0.1) is 5.57 Å². The summed E-state index contributed by atoms with van der Waals surface area (Å²) in [5.41, 5.74) is 6.36. The summed E-state index contributed by atoms with van der Waals surface area (Å²) in [7, 11) is 0. The minimum Gasteiger partial charge on any atom is -0.370 e. The van der Waals surface area contributed by atoms with Gasteiger partial charge >= 0.3 is 0 Å². The molecule has 0 aromatic heterocycles. The summed E-state index contributed by atoms with van der Waals surface area (Å²) >= 11 is 0. The van der Waals surface area contributed by atoms with Crippen molar-refractivity contribution in [2.24, 2.45) is 5.73 Å². The van der Waals surface area contributed by atoms with E-state index in [9.17, 15) is 9.90 Å². The second-order valence-corrected chi connectivity index (χ2v) is 3.00. The standard InChI is InChI=1S/C9H14N2O2/c1-3-11-5-7(9(10)13)6(2)4-8(11)12/h4-5,8,12H,3H2,1-2H3,(H2,10,13)/t8-/m0/s1. The fourth-order valence-corrected chi connectivity index (χ4v) is 1.29. The smallest absolute Gasteiger partial charge is 0.250 e. The Morgan fingerprint density at radius 3 is 2.85 bits per heavy atom. The number of carbonyl (C=O) groups is 1. The van der Waals surface area contributed by atoms with E-state index in [1.54, 1.807) is 24.1 Å². The number of aliphatic hydroxyl groups is 1. The van der Waals surface area contributed by atoms with E-state index in [0.717, 1.165) is 5.57 Å². The average molecular weight is 182 g/mol. The Hall–Kier alpha value is -1.29. The molecule has 0 spiro atoms. The van der Waals surface area contributed by atoms with Crippen LogP contribution in [0.4, 0.5) is 0 Å². The van der Waals surface area contributed by atoms with Gasteiger partial charge in [-0.25, -0.2) is 0 Å². The molecule has 72 valence electrons. The molecule has 0 bridgehead atoms. The van der Waals surface area contributed by atoms with Crippen LogP contribution in [0.25, 0.3) is 0 Å². The van der Waals surface area contributed by atoms with Crippen molar-refractivity contribution < 1.29 is 9.90 Å². The van der Waals surface area contributed by atoms with Crippen molar-refractivity contribution in [3.63, 3.8) is 0 Å². The third kappa shape index (κ3) is 1.89. The van der Waals surface area contributed by atoms with Crippen molar-refractivity contribution in [2.45, 2.75) is 20.1 Å². The Morgan fingerprint density at radius 1 is 1.77 bits per heavy atom. The van der Waals surface area contributed by atoms with Gasteiger partial charge in [0.1, 0.15) is 6.23 Å². The topological polar surface area (TPSA) is 66.6 Å². The monoisotopic (exact) mass is 182 g/mol. The van der Waals surface area contributed by atoms with Gasteiger partial charge in [-0.2, -0.15) is 0 Å². The van der Waals surface area contributed by atoms with Crippen LogP contribution in [0.2, 0.25) is 0 Å². The van der Waals surface area contributed by atoms with Gasteiger partial charge in [0, 0.05) is 12.7 Å². The van der Waals surface area contributed by atoms with Crippen LogP contribution in [0.1, 0.15) is 13.8 Å². The summed E-state index contributed by atoms with van der Waals surface area (Å²) in [6.45, 7) is 4.29. The van der Waals surface area contributed by atoms with Crippen molar-refractivity contribution in [1.29, 1.82) is 0 Å². The number of primary amides is 1. The highest BCUT2D eigenvalue weighted by atomic mass is 16.3. The number of hydrogen-bond donors (Lipinski definition) is 2. The SMILES string of the molecule is CCN1C=C(C(N)=O)C(C)=C[C@@H]1O. The van der Waals surface area contributed by atoms with Crippen molar-refractivity contribution in [2.75, 3.05) is 6.54 Å². The minimum absolute atomic E-state index is 0.459. The molecule has 1 amide bonds. The second-order valence-electron chi connectivity index (χ2n) is 3.00. The lowest BCUT2D eigenvalue weighted by molar-refractivity contribution is -0.114. The summed E-state index contributed by atoms with van der Waals surface area (Å²) in [6, 6.07) is 0. The van der Waals surface area contributed by atoms with E-state index >= 15 is 0 Å². The Morgan fingerprint density at radius 2 is 2.38 bits per heavy atom. The van der Waals surface area contributed by atoms with E-state index in [0.29, 0.717) is 12.1 Å². The molecule has 0 fully saturated rings. The van der Waals surface area contributed by atoms with Crippen molar-refractivity contribution in [3.05, 3.63) is 23.4 Å². The zero-order chi connectivity index (χ0) is 10.0. The molecule has 1 atom stereocenters. The van der Waals surface area contributed by atoms with Gasteiger partial charge in [-0.3, -0.25) is 4.79 Å². The van der Waals surface area contributed by atoms with Gasteiger partial charge in [0.2, 0.25) is 5.91 Å². The Labute approximate surface area is 77.3 Å². The lowest BCUT2D eigenvalue weighted by atomic mass is 10.0. The summed E-state index contributed by atoms with van der Waals surface area (Å²) in [4.78, 5) is 12.6. The van der Waals surface area contributed by atoms with Crippen LogP contribution in [-0.4, -0.2) is 28.7 Å². The lowest BCUT2D eigenvalue weighted by Gasteiger charge is -2.28. The molecular formula is C9H14N2O2. The van der Waals surface area contributed by atoms with Crippen LogP contribution in [-0.2, 0) is 4.79 Å². The van der Waals surface area contributed by atoms with E-state index in [4.69, 9.17) is 5.73 Å². The van der Waals surface area contributed by atoms with Crippen LogP contribution in [0.3, 0.4) is 0 Å². The highest BCUT2D eigenvalue weighted by Crippen LogP contribution is 2.18. The molecule has 1 aliphatic heterocycles. The highest BCUT2D eigenvalue weighted by molar-refractivity contribution is 5.96. The summed E-state index contributed by atoms with van der Waals surface area (Å²) in [5, 5.41) is 9.49. The van der Waals surface area contributed by atoms with Gasteiger partial charge in [-0.1, -0.05) is 0 Å². The maximum Gasteiger partial charge on any atom is 0.250 e. The van der Waals surface area contributed by atoms with Crippen molar-refractivity contribution in [1.82, 2.24) is 4.90 Å². The number of likely N-dealkylation sites (N-methyl/N-ethyl adjacent to an activating group) is 1. The van der Waals surface area contributed by atoms with E-state index in [1.807, 2.05) is 6.92 Å². The Bertz CT molecular complexity index is 281. The molecule has 13 heavy (non-hydrogen) atoms. The predicted molar refractivity (Wildman–Crippen MR) is 49.4 cm³/mol. The molecule has 1 rings (SSSR count). The first-order valence-electron chi connectivity index (χ1n) is 4.20. The fraction of sp³-hybridized carbons (Fsp3) is 0.444. The van der Waals surface area contributed by atoms with E-state index in [-0.39, 0.29) is 0 Å². The molecule has 4 nitrogen and oxygen atoms in total. The van der Waals surface area contributed by atoms with E-state index < -0.39 is 12.1 Å². The molecule has 0 radical (unpaired) electrons. The van der Waals surface area contributed by atoms with Crippen molar-refractivity contribution in [3.8, 4) is 0 Å². The molecule has 1 heterocycles. The van der Waals surface area contributed by atoms with Gasteiger partial charge in [-0.15, -0.1) is 0 Å². The first-order valence-corrected chi connectivity index (χ1v) is 4.20. The van der Waals surface area contributed by atoms with Gasteiger partial charge in [-0.05, 0) is 25.5 Å². The zero-order valence-electron chi connectivity index (χ0n) is 7.82. The van der Waals surface area contributed by atoms with Gasteiger partial charge in [0.25, 0.3) is 0 Å². The molecule has 4 heteroatoms. The Kier molecular flexibility index (Phi) is 2.72. The van der Waals surface area contributed by atoms with Gasteiger partial charge in [0.15, 0.2) is 0 Å². The maximum atomic E-state index is 10.9. The molecule has 0 saturated carbocycles. The molecular weight excluding hydrogens is 168 g/mol. The third-order valence-electron chi connectivity index (χ3n) is 2.09. The molecule has 0 unspecified atom stereocenters. The Balaban J connectivity index is 2.95. The number of nitrogens with zero attached hydrogens (tertiary/aromatic N) is 1. The average Bonchev–Trinajstić information content (AvgIpc) is 2.03. The molecule has 0 aliphatic carbocycles. The quantitative estimate of drug-likeness (QED) is 0.629.